The smallest absolute Gasteiger partial charge is 0.137 e. The second-order valence-electron chi connectivity index (χ2n) is 3.18. The van der Waals surface area contributed by atoms with Crippen molar-refractivity contribution in [3.05, 3.63) is 42.0 Å². The summed E-state index contributed by atoms with van der Waals surface area (Å²) in [5, 5.41) is 11.8. The Hall–Kier alpha value is -1.79. The Kier molecular flexibility index (Phi) is 4.39. The van der Waals surface area contributed by atoms with Crippen LogP contribution in [0.4, 0.5) is 0 Å². The van der Waals surface area contributed by atoms with Gasteiger partial charge >= 0.3 is 0 Å². The fourth-order valence-electron chi connectivity index (χ4n) is 1.17. The van der Waals surface area contributed by atoms with Crippen LogP contribution in [-0.2, 0) is 0 Å². The number of para-hydroxylation sites is 1. The maximum Gasteiger partial charge on any atom is 0.137 e. The third-order valence-corrected chi connectivity index (χ3v) is 1.87. The van der Waals surface area contributed by atoms with Gasteiger partial charge in [0, 0.05) is 6.54 Å². The normalized spacial score (nSPS) is 9.33. The predicted octanol–water partition coefficient (Wildman–Crippen LogP) is 1.71. The second-order valence-corrected chi connectivity index (χ2v) is 3.18. The van der Waals surface area contributed by atoms with Crippen molar-refractivity contribution in [2.24, 2.45) is 0 Å². The lowest BCUT2D eigenvalue weighted by Gasteiger charge is -2.09. The van der Waals surface area contributed by atoms with Crippen LogP contribution in [-0.4, -0.2) is 20.2 Å². The first kappa shape index (κ1) is 11.3. The number of benzene rings is 1. The summed E-state index contributed by atoms with van der Waals surface area (Å²) in [5.41, 5.74) is 1.50. The molecular formula is C12H14N2O. The van der Waals surface area contributed by atoms with E-state index in [1.165, 1.54) is 0 Å². The molecule has 3 heteroatoms. The SMILES string of the molecule is C=C(CNC)COc1ccccc1C#N. The Morgan fingerprint density at radius 2 is 2.27 bits per heavy atom. The molecule has 0 aromatic heterocycles. The molecule has 1 aromatic rings. The minimum absolute atomic E-state index is 0.430. The van der Waals surface area contributed by atoms with Crippen molar-refractivity contribution in [3.63, 3.8) is 0 Å². The zero-order valence-electron chi connectivity index (χ0n) is 8.79. The van der Waals surface area contributed by atoms with Gasteiger partial charge in [-0.15, -0.1) is 0 Å². The molecule has 1 rings (SSSR count). The lowest BCUT2D eigenvalue weighted by Crippen LogP contribution is -2.14. The van der Waals surface area contributed by atoms with E-state index in [4.69, 9.17) is 10.00 Å². The Morgan fingerprint density at radius 3 is 2.93 bits per heavy atom. The quantitative estimate of drug-likeness (QED) is 0.739. The highest BCUT2D eigenvalue weighted by Gasteiger charge is 2.01. The summed E-state index contributed by atoms with van der Waals surface area (Å²) in [6.45, 7) is 4.99. The fraction of sp³-hybridized carbons (Fsp3) is 0.250. The van der Waals surface area contributed by atoms with E-state index in [0.29, 0.717) is 24.5 Å². The van der Waals surface area contributed by atoms with Gasteiger partial charge in [0.15, 0.2) is 0 Å². The lowest BCUT2D eigenvalue weighted by atomic mass is 10.2. The number of ether oxygens (including phenoxy) is 1. The summed E-state index contributed by atoms with van der Waals surface area (Å²) in [5.74, 6) is 0.609. The van der Waals surface area contributed by atoms with E-state index in [0.717, 1.165) is 5.57 Å². The van der Waals surface area contributed by atoms with E-state index in [-0.39, 0.29) is 0 Å². The van der Waals surface area contributed by atoms with Gasteiger partial charge in [0.2, 0.25) is 0 Å². The Balaban J connectivity index is 2.58. The van der Waals surface area contributed by atoms with Crippen molar-refractivity contribution in [2.45, 2.75) is 0 Å². The minimum Gasteiger partial charge on any atom is -0.488 e. The fourth-order valence-corrected chi connectivity index (χ4v) is 1.17. The number of nitriles is 1. The molecule has 0 fully saturated rings. The Bertz CT molecular complexity index is 379. The molecule has 3 nitrogen and oxygen atoms in total. The van der Waals surface area contributed by atoms with Crippen LogP contribution in [0.25, 0.3) is 0 Å². The van der Waals surface area contributed by atoms with Crippen LogP contribution in [0.1, 0.15) is 5.56 Å². The van der Waals surface area contributed by atoms with Crippen LogP contribution in [0.3, 0.4) is 0 Å². The molecule has 0 saturated heterocycles. The molecule has 0 unspecified atom stereocenters. The Morgan fingerprint density at radius 1 is 1.53 bits per heavy atom. The number of hydrogen-bond donors (Lipinski definition) is 1. The summed E-state index contributed by atoms with van der Waals surface area (Å²) < 4.78 is 5.48. The molecule has 0 aliphatic carbocycles. The monoisotopic (exact) mass is 202 g/mol. The summed E-state index contributed by atoms with van der Waals surface area (Å²) >= 11 is 0. The molecule has 0 spiro atoms. The first-order valence-electron chi connectivity index (χ1n) is 4.71. The molecule has 0 radical (unpaired) electrons. The molecule has 0 aliphatic rings. The average molecular weight is 202 g/mol. The van der Waals surface area contributed by atoms with E-state index < -0.39 is 0 Å². The van der Waals surface area contributed by atoms with Gasteiger partial charge in [-0.25, -0.2) is 0 Å². The molecule has 0 amide bonds. The van der Waals surface area contributed by atoms with E-state index in [1.54, 1.807) is 12.1 Å². The van der Waals surface area contributed by atoms with E-state index in [1.807, 2.05) is 19.2 Å². The lowest BCUT2D eigenvalue weighted by molar-refractivity contribution is 0.348. The number of hydrogen-bond acceptors (Lipinski definition) is 3. The zero-order valence-corrected chi connectivity index (χ0v) is 8.79. The van der Waals surface area contributed by atoms with Gasteiger partial charge in [-0.05, 0) is 24.8 Å². The first-order chi connectivity index (χ1) is 7.27. The molecule has 0 heterocycles. The van der Waals surface area contributed by atoms with E-state index >= 15 is 0 Å². The standard InChI is InChI=1S/C12H14N2O/c1-10(8-14-2)9-15-12-6-4-3-5-11(12)7-13/h3-6,14H,1,8-9H2,2H3. The molecule has 0 bridgehead atoms. The van der Waals surface area contributed by atoms with Crippen molar-refractivity contribution in [3.8, 4) is 11.8 Å². The second kappa shape index (κ2) is 5.84. The first-order valence-corrected chi connectivity index (χ1v) is 4.71. The van der Waals surface area contributed by atoms with Gasteiger partial charge in [-0.3, -0.25) is 0 Å². The van der Waals surface area contributed by atoms with Crippen molar-refractivity contribution < 1.29 is 4.74 Å². The van der Waals surface area contributed by atoms with Crippen molar-refractivity contribution >= 4 is 0 Å². The molecule has 0 atom stereocenters. The predicted molar refractivity (Wildman–Crippen MR) is 59.7 cm³/mol. The summed E-state index contributed by atoms with van der Waals surface area (Å²) in [7, 11) is 1.86. The average Bonchev–Trinajstić information content (AvgIpc) is 2.27. The molecule has 15 heavy (non-hydrogen) atoms. The highest BCUT2D eigenvalue weighted by Crippen LogP contribution is 2.16. The van der Waals surface area contributed by atoms with Crippen molar-refractivity contribution in [1.82, 2.24) is 5.32 Å². The van der Waals surface area contributed by atoms with Gasteiger partial charge < -0.3 is 10.1 Å². The van der Waals surface area contributed by atoms with Gasteiger partial charge in [0.1, 0.15) is 18.4 Å². The van der Waals surface area contributed by atoms with Crippen LogP contribution in [0, 0.1) is 11.3 Å². The highest BCUT2D eigenvalue weighted by atomic mass is 16.5. The third kappa shape index (κ3) is 3.45. The molecular weight excluding hydrogens is 188 g/mol. The summed E-state index contributed by atoms with van der Waals surface area (Å²) in [4.78, 5) is 0. The van der Waals surface area contributed by atoms with Crippen LogP contribution in [0.2, 0.25) is 0 Å². The van der Waals surface area contributed by atoms with Gasteiger partial charge in [0.05, 0.1) is 5.56 Å². The zero-order chi connectivity index (χ0) is 11.1. The van der Waals surface area contributed by atoms with Gasteiger partial charge in [-0.1, -0.05) is 18.7 Å². The van der Waals surface area contributed by atoms with Crippen molar-refractivity contribution in [1.29, 1.82) is 5.26 Å². The maximum atomic E-state index is 8.82. The minimum atomic E-state index is 0.430. The molecule has 0 aliphatic heterocycles. The Labute approximate surface area is 90.0 Å². The summed E-state index contributed by atoms with van der Waals surface area (Å²) in [6, 6.07) is 9.25. The highest BCUT2D eigenvalue weighted by molar-refractivity contribution is 5.42. The topological polar surface area (TPSA) is 45.0 Å². The number of nitrogens with one attached hydrogen (secondary N) is 1. The summed E-state index contributed by atoms with van der Waals surface area (Å²) in [6.07, 6.45) is 0. The van der Waals surface area contributed by atoms with Gasteiger partial charge in [-0.2, -0.15) is 5.26 Å². The van der Waals surface area contributed by atoms with Crippen LogP contribution in [0.15, 0.2) is 36.4 Å². The molecule has 1 N–H and O–H groups in total. The van der Waals surface area contributed by atoms with E-state index in [9.17, 15) is 0 Å². The number of nitrogens with zero attached hydrogens (tertiary/aromatic N) is 1. The molecule has 78 valence electrons. The van der Waals surface area contributed by atoms with Crippen LogP contribution in [0.5, 0.6) is 5.75 Å². The van der Waals surface area contributed by atoms with Crippen LogP contribution >= 0.6 is 0 Å². The van der Waals surface area contributed by atoms with Crippen molar-refractivity contribution in [2.75, 3.05) is 20.2 Å². The van der Waals surface area contributed by atoms with Crippen LogP contribution < -0.4 is 10.1 Å². The van der Waals surface area contributed by atoms with E-state index in [2.05, 4.69) is 18.0 Å². The largest absolute Gasteiger partial charge is 0.488 e. The molecule has 1 aromatic carbocycles. The number of likely N-dealkylation sites (N-methyl/N-ethyl adjacent to an activating group) is 1. The molecule has 0 saturated carbocycles. The maximum absolute atomic E-state index is 8.82. The van der Waals surface area contributed by atoms with Gasteiger partial charge in [0.25, 0.3) is 0 Å². The number of rotatable bonds is 5. The third-order valence-electron chi connectivity index (χ3n) is 1.87.